The Bertz CT molecular complexity index is 4250. The van der Waals surface area contributed by atoms with Gasteiger partial charge in [-0.2, -0.15) is 4.98 Å². The summed E-state index contributed by atoms with van der Waals surface area (Å²) in [6.07, 6.45) is 3.46. The van der Waals surface area contributed by atoms with E-state index in [1.165, 1.54) is 10.8 Å². The standard InChI is InChI=1S/C61H38N8/c1-4-15-39(16-5-1)44-35-51(40-17-6-2-7-18-40)65-58(37-44)68-52-23-12-10-21-46(52)48-29-26-42(36-57(48)68)41-27-30-54-49(33-41)47-22-11-13-24-53(47)69(54)61-64-38-63-60(66-61)43-28-31-55-50(34-43)59-56(25-14-32-62-59)67(55)45-19-8-3-9-20-45/h1-38H. The van der Waals surface area contributed by atoms with E-state index < -0.39 is 0 Å². The molecule has 8 aromatic carbocycles. The number of pyridine rings is 2. The molecule has 6 heterocycles. The van der Waals surface area contributed by atoms with E-state index in [4.69, 9.17) is 24.9 Å². The second kappa shape index (κ2) is 15.5. The zero-order valence-electron chi connectivity index (χ0n) is 37.0. The van der Waals surface area contributed by atoms with Crippen molar-refractivity contribution in [3.05, 3.63) is 231 Å². The highest BCUT2D eigenvalue weighted by Gasteiger charge is 2.20. The van der Waals surface area contributed by atoms with Crippen LogP contribution in [-0.4, -0.2) is 38.6 Å². The van der Waals surface area contributed by atoms with Crippen LogP contribution in [0.5, 0.6) is 0 Å². The van der Waals surface area contributed by atoms with E-state index in [9.17, 15) is 0 Å². The van der Waals surface area contributed by atoms with Gasteiger partial charge in [-0.1, -0.05) is 133 Å². The van der Waals surface area contributed by atoms with Gasteiger partial charge in [0.25, 0.3) is 0 Å². The highest BCUT2D eigenvalue weighted by molar-refractivity contribution is 6.13. The predicted molar refractivity (Wildman–Crippen MR) is 280 cm³/mol. The minimum absolute atomic E-state index is 0.551. The van der Waals surface area contributed by atoms with Crippen molar-refractivity contribution in [1.29, 1.82) is 0 Å². The molecule has 14 rings (SSSR count). The quantitative estimate of drug-likeness (QED) is 0.159. The molecule has 0 unspecified atom stereocenters. The third-order valence-corrected chi connectivity index (χ3v) is 13.4. The first-order chi connectivity index (χ1) is 34.2. The minimum atomic E-state index is 0.551. The number of fused-ring (bicyclic) bond motifs is 9. The zero-order chi connectivity index (χ0) is 45.4. The normalized spacial score (nSPS) is 11.8. The minimum Gasteiger partial charge on any atom is -0.308 e. The zero-order valence-corrected chi connectivity index (χ0v) is 37.0. The van der Waals surface area contributed by atoms with E-state index in [0.29, 0.717) is 11.8 Å². The highest BCUT2D eigenvalue weighted by Crippen LogP contribution is 2.40. The van der Waals surface area contributed by atoms with Crippen molar-refractivity contribution in [1.82, 2.24) is 38.6 Å². The van der Waals surface area contributed by atoms with E-state index in [1.54, 1.807) is 6.33 Å². The van der Waals surface area contributed by atoms with Crippen LogP contribution in [0.15, 0.2) is 231 Å². The van der Waals surface area contributed by atoms with E-state index in [1.807, 2.05) is 24.4 Å². The molecular weight excluding hydrogens is 845 g/mol. The molecule has 0 amide bonds. The second-order valence-electron chi connectivity index (χ2n) is 17.4. The Kier molecular flexibility index (Phi) is 8.72. The summed E-state index contributed by atoms with van der Waals surface area (Å²) >= 11 is 0. The van der Waals surface area contributed by atoms with Crippen molar-refractivity contribution in [2.24, 2.45) is 0 Å². The van der Waals surface area contributed by atoms with Gasteiger partial charge in [-0.25, -0.2) is 15.0 Å². The van der Waals surface area contributed by atoms with Gasteiger partial charge in [0.15, 0.2) is 5.82 Å². The molecule has 0 fully saturated rings. The lowest BCUT2D eigenvalue weighted by Crippen LogP contribution is -2.03. The Morgan fingerprint density at radius 1 is 0.304 bits per heavy atom. The Morgan fingerprint density at radius 3 is 1.70 bits per heavy atom. The molecule has 322 valence electrons. The number of hydrogen-bond donors (Lipinski definition) is 0. The summed E-state index contributed by atoms with van der Waals surface area (Å²) in [5.41, 5.74) is 15.7. The topological polar surface area (TPSA) is 79.2 Å². The van der Waals surface area contributed by atoms with Gasteiger partial charge >= 0.3 is 0 Å². The first-order valence-electron chi connectivity index (χ1n) is 23.1. The average Bonchev–Trinajstić information content (AvgIpc) is 4.06. The third-order valence-electron chi connectivity index (χ3n) is 13.4. The number of nitrogens with zero attached hydrogens (tertiary/aromatic N) is 8. The molecule has 0 radical (unpaired) electrons. The fourth-order valence-electron chi connectivity index (χ4n) is 10.3. The van der Waals surface area contributed by atoms with Gasteiger partial charge in [-0.15, -0.1) is 0 Å². The van der Waals surface area contributed by atoms with Crippen LogP contribution < -0.4 is 0 Å². The van der Waals surface area contributed by atoms with E-state index >= 15 is 0 Å². The van der Waals surface area contributed by atoms with Gasteiger partial charge in [0.2, 0.25) is 5.95 Å². The summed E-state index contributed by atoms with van der Waals surface area (Å²) in [6, 6.07) is 76.9. The SMILES string of the molecule is c1ccc(-c2cc(-c3ccccc3)nc(-n3c4ccccc4c4ccc(-c5ccc6c(c5)c5ccccc5n6-c5ncnc(-c6ccc7c(c6)c6ncccc6n7-c6ccccc6)n5)cc43)c2)cc1. The molecule has 0 aliphatic heterocycles. The molecule has 0 atom stereocenters. The molecule has 8 heteroatoms. The van der Waals surface area contributed by atoms with Crippen molar-refractivity contribution in [3.63, 3.8) is 0 Å². The van der Waals surface area contributed by atoms with Crippen LogP contribution in [-0.2, 0) is 0 Å². The van der Waals surface area contributed by atoms with Crippen LogP contribution in [0.3, 0.4) is 0 Å². The van der Waals surface area contributed by atoms with E-state index in [-0.39, 0.29) is 0 Å². The molecule has 8 nitrogen and oxygen atoms in total. The van der Waals surface area contributed by atoms with Gasteiger partial charge < -0.3 is 4.57 Å². The molecule has 0 saturated heterocycles. The van der Waals surface area contributed by atoms with Gasteiger partial charge in [0.1, 0.15) is 12.1 Å². The van der Waals surface area contributed by atoms with Crippen molar-refractivity contribution in [2.75, 3.05) is 0 Å². The van der Waals surface area contributed by atoms with E-state index in [0.717, 1.165) is 105 Å². The lowest BCUT2D eigenvalue weighted by Gasteiger charge is -2.13. The molecule has 0 spiro atoms. The summed E-state index contributed by atoms with van der Waals surface area (Å²) in [5, 5.41) is 5.60. The van der Waals surface area contributed by atoms with Crippen LogP contribution in [0.2, 0.25) is 0 Å². The smallest absolute Gasteiger partial charge is 0.238 e. The largest absolute Gasteiger partial charge is 0.308 e. The van der Waals surface area contributed by atoms with Gasteiger partial charge in [-0.3, -0.25) is 14.1 Å². The maximum Gasteiger partial charge on any atom is 0.238 e. The molecule has 6 aromatic heterocycles. The van der Waals surface area contributed by atoms with Crippen molar-refractivity contribution in [2.45, 2.75) is 0 Å². The van der Waals surface area contributed by atoms with Crippen LogP contribution in [0, 0.1) is 0 Å². The number of para-hydroxylation sites is 3. The predicted octanol–water partition coefficient (Wildman–Crippen LogP) is 14.6. The molecule has 0 saturated carbocycles. The van der Waals surface area contributed by atoms with Crippen LogP contribution in [0.1, 0.15) is 0 Å². The Morgan fingerprint density at radius 2 is 0.899 bits per heavy atom. The van der Waals surface area contributed by atoms with Gasteiger partial charge in [-0.05, 0) is 107 Å². The fourth-order valence-corrected chi connectivity index (χ4v) is 10.3. The molecule has 14 aromatic rings. The van der Waals surface area contributed by atoms with Crippen molar-refractivity contribution < 1.29 is 0 Å². The number of benzene rings is 8. The van der Waals surface area contributed by atoms with Crippen LogP contribution in [0.4, 0.5) is 0 Å². The third kappa shape index (κ3) is 6.27. The molecule has 0 N–H and O–H groups in total. The summed E-state index contributed by atoms with van der Waals surface area (Å²) < 4.78 is 6.73. The first kappa shape index (κ1) is 38.7. The summed E-state index contributed by atoms with van der Waals surface area (Å²) in [5.74, 6) is 2.00. The maximum absolute atomic E-state index is 5.38. The maximum atomic E-state index is 5.38. The highest BCUT2D eigenvalue weighted by atomic mass is 15.2. The van der Waals surface area contributed by atoms with Crippen molar-refractivity contribution >= 4 is 65.5 Å². The molecular formula is C61H38N8. The van der Waals surface area contributed by atoms with E-state index in [2.05, 4.69) is 214 Å². The number of rotatable bonds is 7. The number of aromatic nitrogens is 8. The molecule has 0 aliphatic rings. The summed E-state index contributed by atoms with van der Waals surface area (Å²) in [6.45, 7) is 0. The monoisotopic (exact) mass is 882 g/mol. The van der Waals surface area contributed by atoms with Crippen LogP contribution in [0.25, 0.3) is 128 Å². The van der Waals surface area contributed by atoms with Crippen LogP contribution >= 0.6 is 0 Å². The Labute approximate surface area is 395 Å². The first-order valence-corrected chi connectivity index (χ1v) is 23.1. The van der Waals surface area contributed by atoms with Gasteiger partial charge in [0, 0.05) is 49.9 Å². The average molecular weight is 883 g/mol. The molecule has 69 heavy (non-hydrogen) atoms. The van der Waals surface area contributed by atoms with Gasteiger partial charge in [0.05, 0.1) is 44.3 Å². The molecule has 0 bridgehead atoms. The lowest BCUT2D eigenvalue weighted by molar-refractivity contribution is 0.947. The Hall–Kier alpha value is -9.53. The lowest BCUT2D eigenvalue weighted by atomic mass is 10.0. The summed E-state index contributed by atoms with van der Waals surface area (Å²) in [4.78, 5) is 24.9. The van der Waals surface area contributed by atoms with Crippen molar-refractivity contribution in [3.8, 4) is 62.4 Å². The number of hydrogen-bond acceptors (Lipinski definition) is 5. The summed E-state index contributed by atoms with van der Waals surface area (Å²) in [7, 11) is 0. The fraction of sp³-hybridized carbons (Fsp3) is 0. The molecule has 0 aliphatic carbocycles. The second-order valence-corrected chi connectivity index (χ2v) is 17.4. The Balaban J connectivity index is 0.900.